The molecule has 0 amide bonds. The highest BCUT2D eigenvalue weighted by atomic mass is 16.6. The Morgan fingerprint density at radius 1 is 1.24 bits per heavy atom. The van der Waals surface area contributed by atoms with Crippen LogP contribution in [0.5, 0.6) is 11.5 Å². The van der Waals surface area contributed by atoms with Crippen molar-refractivity contribution in [2.45, 2.75) is 32.9 Å². The number of rotatable bonds is 6. The monoisotopic (exact) mass is 289 g/mol. The molecular weight excluding hydrogens is 270 g/mol. The minimum absolute atomic E-state index is 0.596. The Hall–Kier alpha value is -2.31. The lowest BCUT2D eigenvalue weighted by Crippen LogP contribution is -2.15. The Labute approximate surface area is 123 Å². The highest BCUT2D eigenvalue weighted by Gasteiger charge is 2.12. The highest BCUT2D eigenvalue weighted by molar-refractivity contribution is 5.44. The van der Waals surface area contributed by atoms with Gasteiger partial charge in [0.2, 0.25) is 5.95 Å². The number of nitrogens with one attached hydrogen (secondary N) is 1. The lowest BCUT2D eigenvalue weighted by Gasteiger charge is -2.19. The van der Waals surface area contributed by atoms with E-state index in [-0.39, 0.29) is 0 Å². The molecule has 0 bridgehead atoms. The van der Waals surface area contributed by atoms with E-state index in [1.54, 1.807) is 4.68 Å². The van der Waals surface area contributed by atoms with Crippen molar-refractivity contribution in [2.24, 2.45) is 0 Å². The first-order valence-corrected chi connectivity index (χ1v) is 7.25. The molecule has 0 saturated carbocycles. The van der Waals surface area contributed by atoms with E-state index in [9.17, 15) is 0 Å². The van der Waals surface area contributed by atoms with Gasteiger partial charge >= 0.3 is 0 Å². The fourth-order valence-corrected chi connectivity index (χ4v) is 2.17. The van der Waals surface area contributed by atoms with E-state index >= 15 is 0 Å². The molecule has 0 aliphatic carbocycles. The van der Waals surface area contributed by atoms with Crippen molar-refractivity contribution in [3.63, 3.8) is 0 Å². The van der Waals surface area contributed by atoms with Crippen molar-refractivity contribution in [1.82, 2.24) is 20.2 Å². The van der Waals surface area contributed by atoms with Gasteiger partial charge in [-0.2, -0.15) is 0 Å². The molecular formula is C14H19N5O2. The average molecular weight is 289 g/mol. The van der Waals surface area contributed by atoms with Gasteiger partial charge in [0.1, 0.15) is 13.2 Å². The first kappa shape index (κ1) is 13.7. The summed E-state index contributed by atoms with van der Waals surface area (Å²) in [7, 11) is 0. The summed E-state index contributed by atoms with van der Waals surface area (Å²) >= 11 is 0. The zero-order valence-electron chi connectivity index (χ0n) is 12.1. The van der Waals surface area contributed by atoms with E-state index < -0.39 is 0 Å². The summed E-state index contributed by atoms with van der Waals surface area (Å²) in [5.41, 5.74) is 1.10. The van der Waals surface area contributed by atoms with Gasteiger partial charge in [-0.25, -0.2) is 4.68 Å². The second kappa shape index (κ2) is 6.43. The molecule has 112 valence electrons. The predicted octanol–water partition coefficient (Wildman–Crippen LogP) is 1.86. The molecule has 1 aliphatic rings. The van der Waals surface area contributed by atoms with Crippen LogP contribution in [0.15, 0.2) is 18.2 Å². The number of aromatic nitrogens is 4. The molecule has 3 rings (SSSR count). The van der Waals surface area contributed by atoms with Gasteiger partial charge in [0.15, 0.2) is 11.5 Å². The number of aryl methyl sites for hydroxylation is 1. The molecule has 0 radical (unpaired) electrons. The normalized spacial score (nSPS) is 13.2. The van der Waals surface area contributed by atoms with E-state index in [0.29, 0.717) is 25.7 Å². The zero-order valence-corrected chi connectivity index (χ0v) is 12.1. The number of fused-ring (bicyclic) bond motifs is 1. The van der Waals surface area contributed by atoms with E-state index in [1.165, 1.54) is 0 Å². The van der Waals surface area contributed by atoms with Crippen molar-refractivity contribution < 1.29 is 9.47 Å². The minimum atomic E-state index is 0.596. The van der Waals surface area contributed by atoms with Gasteiger partial charge in [0.05, 0.1) is 0 Å². The van der Waals surface area contributed by atoms with Crippen LogP contribution < -0.4 is 14.8 Å². The Bertz CT molecular complexity index is 599. The summed E-state index contributed by atoms with van der Waals surface area (Å²) in [5, 5.41) is 15.0. The summed E-state index contributed by atoms with van der Waals surface area (Å²) in [5.74, 6) is 2.29. The Balaban J connectivity index is 1.63. The molecule has 21 heavy (non-hydrogen) atoms. The molecule has 0 atom stereocenters. The number of tetrazole rings is 1. The molecule has 1 aromatic carbocycles. The maximum atomic E-state index is 5.58. The minimum Gasteiger partial charge on any atom is -0.486 e. The topological polar surface area (TPSA) is 74.1 Å². The Kier molecular flexibility index (Phi) is 4.18. The van der Waals surface area contributed by atoms with Crippen molar-refractivity contribution in [2.75, 3.05) is 18.5 Å². The molecule has 2 heterocycles. The second-order valence-corrected chi connectivity index (χ2v) is 4.91. The number of hydrogen-bond donors (Lipinski definition) is 1. The number of hydrogen-bond acceptors (Lipinski definition) is 6. The van der Waals surface area contributed by atoms with Crippen LogP contribution in [0.25, 0.3) is 0 Å². The summed E-state index contributed by atoms with van der Waals surface area (Å²) in [6, 6.07) is 5.94. The molecule has 1 aliphatic heterocycles. The van der Waals surface area contributed by atoms with Crippen molar-refractivity contribution in [3.05, 3.63) is 23.8 Å². The van der Waals surface area contributed by atoms with Gasteiger partial charge in [-0.05, 0) is 34.5 Å². The van der Waals surface area contributed by atoms with Crippen LogP contribution in [0.1, 0.15) is 25.3 Å². The Morgan fingerprint density at radius 2 is 2.10 bits per heavy atom. The average Bonchev–Trinajstić information content (AvgIpc) is 2.98. The van der Waals surface area contributed by atoms with E-state index in [2.05, 4.69) is 27.8 Å². The fourth-order valence-electron chi connectivity index (χ4n) is 2.17. The maximum absolute atomic E-state index is 5.58. The van der Waals surface area contributed by atoms with E-state index in [1.807, 2.05) is 18.2 Å². The van der Waals surface area contributed by atoms with Crippen molar-refractivity contribution >= 4 is 5.95 Å². The summed E-state index contributed by atoms with van der Waals surface area (Å²) in [6.07, 6.45) is 2.17. The largest absolute Gasteiger partial charge is 0.486 e. The van der Waals surface area contributed by atoms with Crippen LogP contribution in [0.2, 0.25) is 0 Å². The first-order chi connectivity index (χ1) is 10.4. The SMILES string of the molecule is CCCCn1nnnc1NCc1ccc2c(c1)OCCO2. The third-order valence-electron chi connectivity index (χ3n) is 3.31. The maximum Gasteiger partial charge on any atom is 0.243 e. The quantitative estimate of drug-likeness (QED) is 0.875. The molecule has 0 fully saturated rings. The van der Waals surface area contributed by atoms with Crippen LogP contribution in [0.3, 0.4) is 0 Å². The van der Waals surface area contributed by atoms with Gasteiger partial charge in [-0.15, -0.1) is 0 Å². The molecule has 7 nitrogen and oxygen atoms in total. The van der Waals surface area contributed by atoms with Gasteiger partial charge in [-0.3, -0.25) is 0 Å². The summed E-state index contributed by atoms with van der Waals surface area (Å²) < 4.78 is 12.9. The number of ether oxygens (including phenoxy) is 2. The standard InChI is InChI=1S/C14H19N5O2/c1-2-3-6-19-14(16-17-18-19)15-10-11-4-5-12-13(9-11)21-8-7-20-12/h4-5,9H,2-3,6-8,10H2,1H3,(H,15,16,18). The molecule has 2 aromatic rings. The lowest BCUT2D eigenvalue weighted by atomic mass is 10.2. The van der Waals surface area contributed by atoms with Crippen LogP contribution in [-0.2, 0) is 13.1 Å². The number of nitrogens with zero attached hydrogens (tertiary/aromatic N) is 4. The van der Waals surface area contributed by atoms with Gasteiger partial charge < -0.3 is 14.8 Å². The highest BCUT2D eigenvalue weighted by Crippen LogP contribution is 2.30. The number of unbranched alkanes of at least 4 members (excludes halogenated alkanes) is 1. The van der Waals surface area contributed by atoms with E-state index in [4.69, 9.17) is 9.47 Å². The van der Waals surface area contributed by atoms with Crippen molar-refractivity contribution in [3.8, 4) is 11.5 Å². The molecule has 0 saturated heterocycles. The third-order valence-corrected chi connectivity index (χ3v) is 3.31. The van der Waals surface area contributed by atoms with Crippen LogP contribution in [0.4, 0.5) is 5.95 Å². The van der Waals surface area contributed by atoms with E-state index in [0.717, 1.165) is 36.4 Å². The van der Waals surface area contributed by atoms with Gasteiger partial charge in [-0.1, -0.05) is 24.5 Å². The predicted molar refractivity (Wildman–Crippen MR) is 77.5 cm³/mol. The van der Waals surface area contributed by atoms with Gasteiger partial charge in [0, 0.05) is 13.1 Å². The number of anilines is 1. The summed E-state index contributed by atoms with van der Waals surface area (Å²) in [4.78, 5) is 0. The van der Waals surface area contributed by atoms with Gasteiger partial charge in [0.25, 0.3) is 0 Å². The summed E-state index contributed by atoms with van der Waals surface area (Å²) in [6.45, 7) is 4.82. The third kappa shape index (κ3) is 3.24. The van der Waals surface area contributed by atoms with Crippen molar-refractivity contribution in [1.29, 1.82) is 0 Å². The molecule has 0 unspecified atom stereocenters. The molecule has 7 heteroatoms. The van der Waals surface area contributed by atoms with Crippen LogP contribution in [-0.4, -0.2) is 33.4 Å². The van der Waals surface area contributed by atoms with Crippen LogP contribution in [0, 0.1) is 0 Å². The smallest absolute Gasteiger partial charge is 0.243 e. The molecule has 0 spiro atoms. The Morgan fingerprint density at radius 3 is 2.95 bits per heavy atom. The fraction of sp³-hybridized carbons (Fsp3) is 0.500. The molecule has 1 aromatic heterocycles. The number of benzene rings is 1. The lowest BCUT2D eigenvalue weighted by molar-refractivity contribution is 0.171. The first-order valence-electron chi connectivity index (χ1n) is 7.25. The zero-order chi connectivity index (χ0) is 14.5. The molecule has 1 N–H and O–H groups in total. The second-order valence-electron chi connectivity index (χ2n) is 4.91. The van der Waals surface area contributed by atoms with Crippen LogP contribution >= 0.6 is 0 Å².